The molecule has 0 bridgehead atoms. The monoisotopic (exact) mass is 475 g/mol. The third-order valence-corrected chi connectivity index (χ3v) is 6.20. The maximum atomic E-state index is 13.6. The second-order valence-corrected chi connectivity index (χ2v) is 8.73. The van der Waals surface area contributed by atoms with Gasteiger partial charge in [0.05, 0.1) is 12.1 Å². The topological polar surface area (TPSA) is 71.8 Å². The normalized spacial score (nSPS) is 17.0. The van der Waals surface area contributed by atoms with Crippen LogP contribution in [0.1, 0.15) is 41.6 Å². The second-order valence-electron chi connectivity index (χ2n) is 8.29. The highest BCUT2D eigenvalue weighted by Crippen LogP contribution is 2.38. The number of hydrogen-bond acceptors (Lipinski definition) is 4. The molecule has 0 saturated heterocycles. The molecule has 172 valence electrons. The molecule has 2 atom stereocenters. The Morgan fingerprint density at radius 1 is 1.03 bits per heavy atom. The molecule has 1 aromatic heterocycles. The predicted octanol–water partition coefficient (Wildman–Crippen LogP) is 5.79. The van der Waals surface area contributed by atoms with Gasteiger partial charge in [0, 0.05) is 11.4 Å². The number of fused-ring (bicyclic) bond motifs is 1. The smallest absolute Gasteiger partial charge is 0.250 e. The molecule has 0 fully saturated rings. The van der Waals surface area contributed by atoms with Crippen LogP contribution in [-0.2, 0) is 11.2 Å². The van der Waals surface area contributed by atoms with E-state index < -0.39 is 0 Å². The number of anilines is 2. The number of aryl methyl sites for hydroxylation is 1. The molecule has 6 nitrogen and oxygen atoms in total. The van der Waals surface area contributed by atoms with E-state index in [4.69, 9.17) is 11.6 Å². The van der Waals surface area contributed by atoms with E-state index in [1.807, 2.05) is 54.6 Å². The van der Waals surface area contributed by atoms with Crippen molar-refractivity contribution >= 4 is 29.4 Å². The number of halogens is 2. The zero-order valence-electron chi connectivity index (χ0n) is 18.3. The van der Waals surface area contributed by atoms with Crippen molar-refractivity contribution in [2.45, 2.75) is 31.3 Å². The highest BCUT2D eigenvalue weighted by Gasteiger charge is 2.31. The molecule has 2 heterocycles. The molecule has 0 saturated carbocycles. The summed E-state index contributed by atoms with van der Waals surface area (Å²) in [5.41, 5.74) is 3.06. The van der Waals surface area contributed by atoms with Crippen molar-refractivity contribution in [3.63, 3.8) is 0 Å². The summed E-state index contributed by atoms with van der Waals surface area (Å²) in [4.78, 5) is 17.1. The lowest BCUT2D eigenvalue weighted by atomic mass is 9.93. The number of nitrogens with one attached hydrogen (secondary N) is 2. The van der Waals surface area contributed by atoms with Gasteiger partial charge >= 0.3 is 0 Å². The maximum Gasteiger partial charge on any atom is 0.250 e. The van der Waals surface area contributed by atoms with E-state index in [1.54, 1.807) is 16.8 Å². The van der Waals surface area contributed by atoms with Gasteiger partial charge in [0.15, 0.2) is 0 Å². The summed E-state index contributed by atoms with van der Waals surface area (Å²) in [6.07, 6.45) is 1.64. The maximum absolute atomic E-state index is 13.6. The first kappa shape index (κ1) is 22.1. The second kappa shape index (κ2) is 9.65. The van der Waals surface area contributed by atoms with Gasteiger partial charge in [0.2, 0.25) is 11.9 Å². The molecule has 0 radical (unpaired) electrons. The van der Waals surface area contributed by atoms with Crippen molar-refractivity contribution in [2.75, 3.05) is 10.6 Å². The van der Waals surface area contributed by atoms with Crippen LogP contribution in [-0.4, -0.2) is 20.7 Å². The van der Waals surface area contributed by atoms with E-state index in [0.29, 0.717) is 30.2 Å². The number of rotatable bonds is 6. The van der Waals surface area contributed by atoms with Crippen molar-refractivity contribution in [3.05, 3.63) is 106 Å². The van der Waals surface area contributed by atoms with Gasteiger partial charge in [-0.15, -0.1) is 5.10 Å². The molecule has 5 rings (SSSR count). The van der Waals surface area contributed by atoms with Crippen LogP contribution in [0.2, 0.25) is 5.02 Å². The molecule has 3 aromatic carbocycles. The Bertz CT molecular complexity index is 1280. The lowest BCUT2D eigenvalue weighted by Gasteiger charge is -2.31. The summed E-state index contributed by atoms with van der Waals surface area (Å²) in [5.74, 6) is 0.333. The third-order valence-electron chi connectivity index (χ3n) is 5.95. The quantitative estimate of drug-likeness (QED) is 0.370. The molecular formula is C26H23ClFN5O. The van der Waals surface area contributed by atoms with E-state index in [1.165, 1.54) is 12.1 Å². The number of aromatic nitrogens is 3. The number of benzene rings is 3. The lowest BCUT2D eigenvalue weighted by molar-refractivity contribution is -0.116. The Labute approximate surface area is 201 Å². The van der Waals surface area contributed by atoms with Crippen molar-refractivity contribution in [3.8, 4) is 0 Å². The fourth-order valence-corrected chi connectivity index (χ4v) is 4.32. The SMILES string of the molecule is O=C(CCc1ccccc1)Nc1nc2n(n1)C(c1ccc(F)cc1)CC(c1ccc(Cl)cc1)N2. The Balaban J connectivity index is 1.38. The Kier molecular flexibility index (Phi) is 6.27. The molecule has 1 amide bonds. The fraction of sp³-hybridized carbons (Fsp3) is 0.192. The summed E-state index contributed by atoms with van der Waals surface area (Å²) in [6.45, 7) is 0. The number of carbonyl (C=O) groups excluding carboxylic acids is 1. The van der Waals surface area contributed by atoms with Crippen molar-refractivity contribution in [2.24, 2.45) is 0 Å². The Morgan fingerprint density at radius 2 is 1.74 bits per heavy atom. The summed E-state index contributed by atoms with van der Waals surface area (Å²) in [7, 11) is 0. The zero-order chi connectivity index (χ0) is 23.5. The van der Waals surface area contributed by atoms with E-state index in [-0.39, 0.29) is 29.8 Å². The van der Waals surface area contributed by atoms with Crippen molar-refractivity contribution in [1.29, 1.82) is 0 Å². The molecule has 2 N–H and O–H groups in total. The van der Waals surface area contributed by atoms with Gasteiger partial charge in [-0.1, -0.05) is 66.2 Å². The van der Waals surface area contributed by atoms with Crippen LogP contribution in [0.4, 0.5) is 16.3 Å². The third kappa shape index (κ3) is 4.94. The number of nitrogens with zero attached hydrogens (tertiary/aromatic N) is 3. The number of carbonyl (C=O) groups is 1. The van der Waals surface area contributed by atoms with Gasteiger partial charge in [0.1, 0.15) is 5.82 Å². The highest BCUT2D eigenvalue weighted by molar-refractivity contribution is 6.30. The lowest BCUT2D eigenvalue weighted by Crippen LogP contribution is -2.28. The molecule has 34 heavy (non-hydrogen) atoms. The highest BCUT2D eigenvalue weighted by atomic mass is 35.5. The van der Waals surface area contributed by atoms with E-state index in [2.05, 4.69) is 20.7 Å². The van der Waals surface area contributed by atoms with Crippen LogP contribution in [0.25, 0.3) is 0 Å². The average Bonchev–Trinajstić information content (AvgIpc) is 3.26. The van der Waals surface area contributed by atoms with Crippen LogP contribution >= 0.6 is 11.6 Å². The first-order chi connectivity index (χ1) is 16.5. The Hall–Kier alpha value is -3.71. The van der Waals surface area contributed by atoms with E-state index in [9.17, 15) is 9.18 Å². The summed E-state index contributed by atoms with van der Waals surface area (Å²) < 4.78 is 15.3. The van der Waals surface area contributed by atoms with Crippen LogP contribution in [0, 0.1) is 5.82 Å². The molecule has 1 aliphatic heterocycles. The van der Waals surface area contributed by atoms with Crippen LogP contribution in [0.5, 0.6) is 0 Å². The minimum absolute atomic E-state index is 0.0503. The number of hydrogen-bond donors (Lipinski definition) is 2. The zero-order valence-corrected chi connectivity index (χ0v) is 19.0. The van der Waals surface area contributed by atoms with Crippen LogP contribution < -0.4 is 10.6 Å². The van der Waals surface area contributed by atoms with E-state index >= 15 is 0 Å². The molecular weight excluding hydrogens is 453 g/mol. The largest absolute Gasteiger partial charge is 0.347 e. The summed E-state index contributed by atoms with van der Waals surface area (Å²) in [5, 5.41) is 11.5. The van der Waals surface area contributed by atoms with Gasteiger partial charge in [-0.05, 0) is 53.8 Å². The van der Waals surface area contributed by atoms with Gasteiger partial charge < -0.3 is 5.32 Å². The van der Waals surface area contributed by atoms with Gasteiger partial charge in [0.25, 0.3) is 5.95 Å². The molecule has 4 aromatic rings. The van der Waals surface area contributed by atoms with Gasteiger partial charge in [-0.25, -0.2) is 9.07 Å². The minimum Gasteiger partial charge on any atom is -0.347 e. The van der Waals surface area contributed by atoms with Crippen LogP contribution in [0.3, 0.4) is 0 Å². The predicted molar refractivity (Wildman–Crippen MR) is 130 cm³/mol. The molecule has 0 aliphatic carbocycles. The molecule has 2 unspecified atom stereocenters. The Morgan fingerprint density at radius 3 is 2.47 bits per heavy atom. The van der Waals surface area contributed by atoms with Crippen molar-refractivity contribution in [1.82, 2.24) is 14.8 Å². The first-order valence-corrected chi connectivity index (χ1v) is 11.5. The van der Waals surface area contributed by atoms with Crippen molar-refractivity contribution < 1.29 is 9.18 Å². The van der Waals surface area contributed by atoms with Gasteiger partial charge in [-0.3, -0.25) is 10.1 Å². The minimum atomic E-state index is -0.294. The molecule has 0 spiro atoms. The summed E-state index contributed by atoms with van der Waals surface area (Å²) >= 11 is 6.06. The standard InChI is InChI=1S/C26H23ClFN5O/c27-20-11-7-18(8-12-20)22-16-23(19-9-13-21(28)14-10-19)33-26(29-22)31-25(32-33)30-24(34)15-6-17-4-2-1-3-5-17/h1-5,7-14,22-23H,6,15-16H2,(H2,29,30,31,32,34). The fourth-order valence-electron chi connectivity index (χ4n) is 4.20. The summed E-state index contributed by atoms with van der Waals surface area (Å²) in [6, 6.07) is 23.7. The number of amides is 1. The first-order valence-electron chi connectivity index (χ1n) is 11.1. The van der Waals surface area contributed by atoms with Crippen LogP contribution in [0.15, 0.2) is 78.9 Å². The van der Waals surface area contributed by atoms with Gasteiger partial charge in [-0.2, -0.15) is 4.98 Å². The van der Waals surface area contributed by atoms with E-state index in [0.717, 1.165) is 16.7 Å². The average molecular weight is 476 g/mol. The molecule has 1 aliphatic rings. The molecule has 8 heteroatoms.